The second kappa shape index (κ2) is 6.78. The quantitative estimate of drug-likeness (QED) is 0.894. The molecule has 0 amide bonds. The van der Waals surface area contributed by atoms with Crippen molar-refractivity contribution < 1.29 is 0 Å². The van der Waals surface area contributed by atoms with Gasteiger partial charge in [-0.2, -0.15) is 0 Å². The lowest BCUT2D eigenvalue weighted by molar-refractivity contribution is 0.416. The topological polar surface area (TPSA) is 15.3 Å². The molecular weight excluding hydrogens is 312 g/mol. The molecule has 1 heterocycles. The van der Waals surface area contributed by atoms with E-state index in [1.807, 2.05) is 12.1 Å². The highest BCUT2D eigenvalue weighted by atomic mass is 79.9. The van der Waals surface area contributed by atoms with Crippen LogP contribution in [0.1, 0.15) is 26.2 Å². The van der Waals surface area contributed by atoms with Crippen LogP contribution in [0.25, 0.3) is 0 Å². The van der Waals surface area contributed by atoms with Crippen LogP contribution in [0.2, 0.25) is 5.02 Å². The van der Waals surface area contributed by atoms with Crippen molar-refractivity contribution in [1.82, 2.24) is 5.32 Å². The normalized spacial score (nSPS) is 17.2. The van der Waals surface area contributed by atoms with Gasteiger partial charge in [0.15, 0.2) is 0 Å². The van der Waals surface area contributed by atoms with E-state index in [-0.39, 0.29) is 0 Å². The predicted octanol–water partition coefficient (Wildman–Crippen LogP) is 4.07. The van der Waals surface area contributed by atoms with Crippen molar-refractivity contribution in [2.45, 2.75) is 32.2 Å². The number of rotatable bonds is 4. The zero-order chi connectivity index (χ0) is 13.0. The smallest absolute Gasteiger partial charge is 0.0568 e. The first-order chi connectivity index (χ1) is 8.70. The first-order valence-corrected chi connectivity index (χ1v) is 7.81. The lowest BCUT2D eigenvalue weighted by atomic mass is 10.0. The molecule has 1 saturated heterocycles. The fourth-order valence-corrected chi connectivity index (χ4v) is 2.79. The van der Waals surface area contributed by atoms with E-state index in [1.54, 1.807) is 0 Å². The van der Waals surface area contributed by atoms with E-state index in [2.05, 4.69) is 39.1 Å². The van der Waals surface area contributed by atoms with Gasteiger partial charge in [0.2, 0.25) is 0 Å². The number of hydrogen-bond acceptors (Lipinski definition) is 2. The molecule has 0 unspecified atom stereocenters. The monoisotopic (exact) mass is 330 g/mol. The minimum atomic E-state index is 0.687. The van der Waals surface area contributed by atoms with Crippen molar-refractivity contribution >= 4 is 33.2 Å². The molecule has 1 aliphatic rings. The Morgan fingerprint density at radius 1 is 1.39 bits per heavy atom. The van der Waals surface area contributed by atoms with Crippen LogP contribution in [-0.2, 0) is 0 Å². The van der Waals surface area contributed by atoms with E-state index in [1.165, 1.54) is 24.9 Å². The zero-order valence-corrected chi connectivity index (χ0v) is 13.1. The molecule has 1 aliphatic heterocycles. The van der Waals surface area contributed by atoms with Crippen LogP contribution >= 0.6 is 27.5 Å². The Hall–Kier alpha value is -0.250. The summed E-state index contributed by atoms with van der Waals surface area (Å²) in [6.07, 6.45) is 3.64. The Morgan fingerprint density at radius 3 is 2.72 bits per heavy atom. The van der Waals surface area contributed by atoms with E-state index in [9.17, 15) is 0 Å². The minimum absolute atomic E-state index is 0.687. The maximum absolute atomic E-state index is 6.14. The molecule has 0 radical (unpaired) electrons. The average Bonchev–Trinajstić information content (AvgIpc) is 2.40. The largest absolute Gasteiger partial charge is 0.371 e. The summed E-state index contributed by atoms with van der Waals surface area (Å²) in [5.41, 5.74) is 1.23. The second-order valence-corrected chi connectivity index (χ2v) is 6.08. The summed E-state index contributed by atoms with van der Waals surface area (Å²) in [6.45, 7) is 5.57. The predicted molar refractivity (Wildman–Crippen MR) is 82.7 cm³/mol. The Morgan fingerprint density at radius 2 is 2.11 bits per heavy atom. The third-order valence-corrected chi connectivity index (χ3v) is 4.68. The van der Waals surface area contributed by atoms with Crippen molar-refractivity contribution in [1.29, 1.82) is 0 Å². The number of anilines is 1. The first kappa shape index (κ1) is 14.2. The molecule has 100 valence electrons. The van der Waals surface area contributed by atoms with E-state index in [4.69, 9.17) is 11.6 Å². The van der Waals surface area contributed by atoms with Crippen molar-refractivity contribution in [3.05, 3.63) is 27.7 Å². The number of nitrogens with one attached hydrogen (secondary N) is 1. The van der Waals surface area contributed by atoms with Gasteiger partial charge in [0, 0.05) is 29.3 Å². The van der Waals surface area contributed by atoms with Crippen molar-refractivity contribution in [3.63, 3.8) is 0 Å². The molecule has 0 spiro atoms. The van der Waals surface area contributed by atoms with E-state index in [0.29, 0.717) is 6.04 Å². The van der Waals surface area contributed by atoms with Crippen molar-refractivity contribution in [3.8, 4) is 0 Å². The highest BCUT2D eigenvalue weighted by molar-refractivity contribution is 9.10. The molecule has 1 N–H and O–H groups in total. The van der Waals surface area contributed by atoms with Gasteiger partial charge in [0.05, 0.1) is 5.02 Å². The van der Waals surface area contributed by atoms with Gasteiger partial charge in [0.1, 0.15) is 0 Å². The lowest BCUT2D eigenvalue weighted by Crippen LogP contribution is -2.42. The molecule has 0 atom stereocenters. The number of nitrogens with zero attached hydrogens (tertiary/aromatic N) is 1. The Balaban J connectivity index is 1.90. The third-order valence-electron chi connectivity index (χ3n) is 3.45. The minimum Gasteiger partial charge on any atom is -0.371 e. The molecule has 2 nitrogen and oxygen atoms in total. The summed E-state index contributed by atoms with van der Waals surface area (Å²) in [5.74, 6) is 0. The number of piperidine rings is 1. The molecule has 0 saturated carbocycles. The van der Waals surface area contributed by atoms with E-state index in [0.717, 1.165) is 29.1 Å². The van der Waals surface area contributed by atoms with Crippen molar-refractivity contribution in [2.24, 2.45) is 0 Å². The molecule has 0 aliphatic carbocycles. The average molecular weight is 332 g/mol. The standard InChI is InChI=1S/C14H20BrClN2/c1-2-7-17-11-5-8-18(9-6-11)12-3-4-13(15)14(16)10-12/h3-4,10-11,17H,2,5-9H2,1H3. The summed E-state index contributed by atoms with van der Waals surface area (Å²) in [6, 6.07) is 6.90. The van der Waals surface area contributed by atoms with Crippen LogP contribution in [-0.4, -0.2) is 25.7 Å². The van der Waals surface area contributed by atoms with Gasteiger partial charge in [0.25, 0.3) is 0 Å². The number of halogens is 2. The molecule has 2 rings (SSSR count). The summed E-state index contributed by atoms with van der Waals surface area (Å²) in [5, 5.41) is 4.39. The fraction of sp³-hybridized carbons (Fsp3) is 0.571. The van der Waals surface area contributed by atoms with Crippen LogP contribution in [0.15, 0.2) is 22.7 Å². The Labute approximate surface area is 123 Å². The maximum Gasteiger partial charge on any atom is 0.0568 e. The fourth-order valence-electron chi connectivity index (χ4n) is 2.37. The summed E-state index contributed by atoms with van der Waals surface area (Å²) in [7, 11) is 0. The maximum atomic E-state index is 6.14. The molecule has 0 bridgehead atoms. The summed E-state index contributed by atoms with van der Waals surface area (Å²) < 4.78 is 0.965. The number of hydrogen-bond donors (Lipinski definition) is 1. The van der Waals surface area contributed by atoms with E-state index < -0.39 is 0 Å². The van der Waals surface area contributed by atoms with Gasteiger partial charge in [-0.1, -0.05) is 18.5 Å². The van der Waals surface area contributed by atoms with Crippen molar-refractivity contribution in [2.75, 3.05) is 24.5 Å². The van der Waals surface area contributed by atoms with Gasteiger partial charge in [-0.3, -0.25) is 0 Å². The highest BCUT2D eigenvalue weighted by Crippen LogP contribution is 2.29. The van der Waals surface area contributed by atoms with Crippen LogP contribution < -0.4 is 10.2 Å². The second-order valence-electron chi connectivity index (χ2n) is 4.81. The molecule has 0 aromatic heterocycles. The molecule has 1 aromatic carbocycles. The molecule has 1 fully saturated rings. The zero-order valence-electron chi connectivity index (χ0n) is 10.8. The Kier molecular flexibility index (Phi) is 5.34. The van der Waals surface area contributed by atoms with Gasteiger partial charge in [-0.25, -0.2) is 0 Å². The van der Waals surface area contributed by atoms with Gasteiger partial charge < -0.3 is 10.2 Å². The third kappa shape index (κ3) is 3.62. The van der Waals surface area contributed by atoms with E-state index >= 15 is 0 Å². The van der Waals surface area contributed by atoms with Crippen LogP contribution in [0, 0.1) is 0 Å². The van der Waals surface area contributed by atoms with Gasteiger partial charge >= 0.3 is 0 Å². The Bertz CT molecular complexity index is 389. The van der Waals surface area contributed by atoms with Crippen LogP contribution in [0.4, 0.5) is 5.69 Å². The van der Waals surface area contributed by atoms with Gasteiger partial charge in [-0.05, 0) is 59.9 Å². The number of benzene rings is 1. The SMILES string of the molecule is CCCNC1CCN(c2ccc(Br)c(Cl)c2)CC1. The first-order valence-electron chi connectivity index (χ1n) is 6.64. The van der Waals surface area contributed by atoms with Crippen LogP contribution in [0.5, 0.6) is 0 Å². The lowest BCUT2D eigenvalue weighted by Gasteiger charge is -2.34. The molecule has 1 aromatic rings. The van der Waals surface area contributed by atoms with Gasteiger partial charge in [-0.15, -0.1) is 0 Å². The summed E-state index contributed by atoms with van der Waals surface area (Å²) >= 11 is 9.58. The molecule has 18 heavy (non-hydrogen) atoms. The highest BCUT2D eigenvalue weighted by Gasteiger charge is 2.18. The van der Waals surface area contributed by atoms with Crippen LogP contribution in [0.3, 0.4) is 0 Å². The molecule has 4 heteroatoms. The molecular formula is C14H20BrClN2. The summed E-state index contributed by atoms with van der Waals surface area (Å²) in [4.78, 5) is 2.42.